The average Bonchev–Trinajstić information content (AvgIpc) is 3.16. The van der Waals surface area contributed by atoms with Crippen molar-refractivity contribution in [2.75, 3.05) is 22.3 Å². The second kappa shape index (κ2) is 6.67. The molecule has 1 aliphatic heterocycles. The molecule has 0 radical (unpaired) electrons. The summed E-state index contributed by atoms with van der Waals surface area (Å²) in [5.74, 6) is 1.62. The normalized spacial score (nSPS) is 16.6. The smallest absolute Gasteiger partial charge is 0.235 e. The van der Waals surface area contributed by atoms with Gasteiger partial charge in [-0.2, -0.15) is 0 Å². The van der Waals surface area contributed by atoms with E-state index in [2.05, 4.69) is 23.4 Å². The number of hydrogen-bond donors (Lipinski definition) is 1. The Balaban J connectivity index is 1.96. The second-order valence-electron chi connectivity index (χ2n) is 7.07. The van der Waals surface area contributed by atoms with E-state index >= 15 is 0 Å². The molecule has 2 N–H and O–H groups in total. The van der Waals surface area contributed by atoms with E-state index in [0.717, 1.165) is 48.1 Å². The predicted molar refractivity (Wildman–Crippen MR) is 109 cm³/mol. The van der Waals surface area contributed by atoms with Crippen molar-refractivity contribution in [3.8, 4) is 0 Å². The van der Waals surface area contributed by atoms with Crippen LogP contribution in [0.3, 0.4) is 0 Å². The monoisotopic (exact) mass is 387 g/mol. The van der Waals surface area contributed by atoms with Crippen molar-refractivity contribution in [2.24, 2.45) is 0 Å². The number of anilines is 2. The summed E-state index contributed by atoms with van der Waals surface area (Å²) < 4.78 is 28.2. The standard InChI is InChI=1S/C19H25N5O2S/c1-3-6-16-22-17-18(23(16)9-4-2)14-8-7-13(12-15(14)21-19(17)20)24-10-5-11-27(24,25)26/h7-8,12H,3-6,9-11H2,1-2H3,(H2,20,21). The van der Waals surface area contributed by atoms with Gasteiger partial charge >= 0.3 is 0 Å². The molecule has 0 bridgehead atoms. The van der Waals surface area contributed by atoms with E-state index in [0.29, 0.717) is 30.0 Å². The van der Waals surface area contributed by atoms with Gasteiger partial charge in [-0.1, -0.05) is 13.8 Å². The number of nitrogens with zero attached hydrogens (tertiary/aromatic N) is 4. The highest BCUT2D eigenvalue weighted by molar-refractivity contribution is 7.93. The van der Waals surface area contributed by atoms with Crippen LogP contribution in [-0.4, -0.2) is 35.3 Å². The summed E-state index contributed by atoms with van der Waals surface area (Å²) in [6, 6.07) is 5.65. The first-order valence-corrected chi connectivity index (χ1v) is 11.2. The molecular weight excluding hydrogens is 362 g/mol. The number of fused-ring (bicyclic) bond motifs is 3. The number of hydrogen-bond acceptors (Lipinski definition) is 5. The Bertz CT molecular complexity index is 1120. The maximum atomic E-state index is 12.3. The number of rotatable bonds is 5. The first-order chi connectivity index (χ1) is 13.0. The highest BCUT2D eigenvalue weighted by Gasteiger charge is 2.29. The lowest BCUT2D eigenvalue weighted by Crippen LogP contribution is -2.24. The molecule has 2 aromatic heterocycles. The van der Waals surface area contributed by atoms with Crippen LogP contribution in [0, 0.1) is 0 Å². The average molecular weight is 388 g/mol. The minimum absolute atomic E-state index is 0.198. The van der Waals surface area contributed by atoms with Crippen LogP contribution in [0.25, 0.3) is 21.9 Å². The third-order valence-electron chi connectivity index (χ3n) is 5.07. The second-order valence-corrected chi connectivity index (χ2v) is 9.08. The molecule has 1 fully saturated rings. The van der Waals surface area contributed by atoms with Gasteiger partial charge in [-0.15, -0.1) is 0 Å². The number of imidazole rings is 1. The zero-order chi connectivity index (χ0) is 19.2. The molecule has 1 saturated heterocycles. The van der Waals surface area contributed by atoms with Crippen LogP contribution in [0.15, 0.2) is 18.2 Å². The van der Waals surface area contributed by atoms with E-state index in [9.17, 15) is 8.42 Å². The summed E-state index contributed by atoms with van der Waals surface area (Å²) in [6.07, 6.45) is 3.55. The Morgan fingerprint density at radius 2 is 2.00 bits per heavy atom. The van der Waals surface area contributed by atoms with Crippen molar-refractivity contribution >= 4 is 43.5 Å². The van der Waals surface area contributed by atoms with E-state index in [4.69, 9.17) is 10.7 Å². The molecule has 0 unspecified atom stereocenters. The maximum absolute atomic E-state index is 12.3. The Kier molecular flexibility index (Phi) is 4.46. The summed E-state index contributed by atoms with van der Waals surface area (Å²) in [6.45, 7) is 5.66. The highest BCUT2D eigenvalue weighted by atomic mass is 32.2. The van der Waals surface area contributed by atoms with Crippen LogP contribution >= 0.6 is 0 Å². The minimum Gasteiger partial charge on any atom is -0.382 e. The largest absolute Gasteiger partial charge is 0.382 e. The molecule has 1 aliphatic rings. The van der Waals surface area contributed by atoms with Crippen molar-refractivity contribution in [1.29, 1.82) is 0 Å². The fourth-order valence-electron chi connectivity index (χ4n) is 3.91. The zero-order valence-corrected chi connectivity index (χ0v) is 16.6. The van der Waals surface area contributed by atoms with Gasteiger partial charge in [0.05, 0.1) is 22.5 Å². The molecule has 0 atom stereocenters. The lowest BCUT2D eigenvalue weighted by atomic mass is 10.1. The number of nitrogen functional groups attached to an aromatic ring is 1. The van der Waals surface area contributed by atoms with Gasteiger partial charge in [-0.05, 0) is 37.5 Å². The van der Waals surface area contributed by atoms with Gasteiger partial charge < -0.3 is 10.3 Å². The Hall–Kier alpha value is -2.35. The zero-order valence-electron chi connectivity index (χ0n) is 15.8. The number of pyridine rings is 1. The van der Waals surface area contributed by atoms with Crippen molar-refractivity contribution in [1.82, 2.24) is 14.5 Å². The molecular formula is C19H25N5O2S. The molecule has 27 heavy (non-hydrogen) atoms. The number of aromatic nitrogens is 3. The van der Waals surface area contributed by atoms with E-state index < -0.39 is 10.0 Å². The van der Waals surface area contributed by atoms with E-state index in [1.54, 1.807) is 0 Å². The van der Waals surface area contributed by atoms with Gasteiger partial charge in [0.15, 0.2) is 5.82 Å². The number of sulfonamides is 1. The van der Waals surface area contributed by atoms with Gasteiger partial charge in [0.25, 0.3) is 0 Å². The minimum atomic E-state index is -3.22. The van der Waals surface area contributed by atoms with Gasteiger partial charge in [0, 0.05) is 24.9 Å². The Morgan fingerprint density at radius 1 is 1.19 bits per heavy atom. The van der Waals surface area contributed by atoms with Gasteiger partial charge in [-0.3, -0.25) is 4.31 Å². The first-order valence-electron chi connectivity index (χ1n) is 9.55. The lowest BCUT2D eigenvalue weighted by molar-refractivity contribution is 0.599. The highest BCUT2D eigenvalue weighted by Crippen LogP contribution is 2.33. The fourth-order valence-corrected chi connectivity index (χ4v) is 5.47. The SMILES string of the molecule is CCCc1nc2c(N)nc3cc(N4CCCS4(=O)=O)ccc3c2n1CCC. The predicted octanol–water partition coefficient (Wildman–Crippen LogP) is 3.07. The molecule has 0 spiro atoms. The molecule has 3 heterocycles. The van der Waals surface area contributed by atoms with Crippen LogP contribution in [0.4, 0.5) is 11.5 Å². The van der Waals surface area contributed by atoms with E-state index in [-0.39, 0.29) is 5.75 Å². The summed E-state index contributed by atoms with van der Waals surface area (Å²) in [5.41, 5.74) is 9.33. The van der Waals surface area contributed by atoms with Gasteiger partial charge in [0.2, 0.25) is 10.0 Å². The summed E-state index contributed by atoms with van der Waals surface area (Å²) >= 11 is 0. The maximum Gasteiger partial charge on any atom is 0.235 e. The Labute approximate surface area is 159 Å². The lowest BCUT2D eigenvalue weighted by Gasteiger charge is -2.17. The molecule has 3 aromatic rings. The fraction of sp³-hybridized carbons (Fsp3) is 0.474. The number of nitrogens with two attached hydrogens (primary N) is 1. The molecule has 0 amide bonds. The van der Waals surface area contributed by atoms with Gasteiger partial charge in [-0.25, -0.2) is 18.4 Å². The molecule has 4 rings (SSSR count). The van der Waals surface area contributed by atoms with Crippen LogP contribution in [-0.2, 0) is 23.0 Å². The molecule has 0 aliphatic carbocycles. The molecule has 144 valence electrons. The van der Waals surface area contributed by atoms with E-state index in [1.165, 1.54) is 4.31 Å². The molecule has 0 saturated carbocycles. The van der Waals surface area contributed by atoms with Crippen molar-refractivity contribution in [3.05, 3.63) is 24.0 Å². The summed E-state index contributed by atoms with van der Waals surface area (Å²) in [7, 11) is -3.22. The third kappa shape index (κ3) is 2.92. The number of benzene rings is 1. The van der Waals surface area contributed by atoms with Crippen LogP contribution < -0.4 is 10.0 Å². The Morgan fingerprint density at radius 3 is 2.67 bits per heavy atom. The quantitative estimate of drug-likeness (QED) is 0.726. The first kappa shape index (κ1) is 18.0. The van der Waals surface area contributed by atoms with Crippen molar-refractivity contribution in [3.63, 3.8) is 0 Å². The van der Waals surface area contributed by atoms with E-state index in [1.807, 2.05) is 18.2 Å². The third-order valence-corrected chi connectivity index (χ3v) is 6.94. The summed E-state index contributed by atoms with van der Waals surface area (Å²) in [4.78, 5) is 9.30. The van der Waals surface area contributed by atoms with Crippen molar-refractivity contribution in [2.45, 2.75) is 46.1 Å². The van der Waals surface area contributed by atoms with Crippen molar-refractivity contribution < 1.29 is 8.42 Å². The van der Waals surface area contributed by atoms with Crippen LogP contribution in [0.2, 0.25) is 0 Å². The summed E-state index contributed by atoms with van der Waals surface area (Å²) in [5, 5.41) is 0.961. The van der Waals surface area contributed by atoms with Crippen LogP contribution in [0.5, 0.6) is 0 Å². The molecule has 8 heteroatoms. The topological polar surface area (TPSA) is 94.1 Å². The number of aryl methyl sites for hydroxylation is 2. The molecule has 1 aromatic carbocycles. The van der Waals surface area contributed by atoms with Gasteiger partial charge in [0.1, 0.15) is 11.3 Å². The molecule has 7 nitrogen and oxygen atoms in total. The van der Waals surface area contributed by atoms with Crippen LogP contribution in [0.1, 0.15) is 38.9 Å².